The third-order valence-corrected chi connectivity index (χ3v) is 6.93. The van der Waals surface area contributed by atoms with Crippen molar-refractivity contribution in [3.63, 3.8) is 0 Å². The molecule has 1 amide bonds. The second kappa shape index (κ2) is 9.58. The minimum Gasteiger partial charge on any atom is -0.444 e. The maximum atomic E-state index is 12.6. The number of ether oxygens (including phenoxy) is 2. The Labute approximate surface area is 203 Å². The summed E-state index contributed by atoms with van der Waals surface area (Å²) in [6.07, 6.45) is 1.96. The van der Waals surface area contributed by atoms with E-state index in [0.717, 1.165) is 37.3 Å². The van der Waals surface area contributed by atoms with Crippen molar-refractivity contribution in [2.75, 3.05) is 19.7 Å². The van der Waals surface area contributed by atoms with Crippen molar-refractivity contribution >= 4 is 39.2 Å². The summed E-state index contributed by atoms with van der Waals surface area (Å²) in [7, 11) is 0. The van der Waals surface area contributed by atoms with Gasteiger partial charge in [-0.25, -0.2) is 4.79 Å². The van der Waals surface area contributed by atoms with Crippen LogP contribution in [-0.4, -0.2) is 52.5 Å². The van der Waals surface area contributed by atoms with Gasteiger partial charge in [0.1, 0.15) is 5.60 Å². The Morgan fingerprint density at radius 1 is 1.33 bits per heavy atom. The predicted octanol–water partition coefficient (Wildman–Crippen LogP) is 5.60. The Balaban J connectivity index is 1.66. The number of rotatable bonds is 4. The van der Waals surface area contributed by atoms with Crippen LogP contribution in [0.5, 0.6) is 0 Å². The lowest BCUT2D eigenvalue weighted by atomic mass is 9.92. The van der Waals surface area contributed by atoms with E-state index < -0.39 is 5.60 Å². The molecule has 1 aliphatic heterocycles. The number of carbonyl (C=O) groups excluding carboxylic acids is 1. The molecule has 1 unspecified atom stereocenters. The van der Waals surface area contributed by atoms with E-state index in [1.807, 2.05) is 52.0 Å². The summed E-state index contributed by atoms with van der Waals surface area (Å²) in [6.45, 7) is 9.09. The standard InChI is InChI=1S/C25H29ClN2O4S/c1-15-9-16(26)10-21(19-5-6-27-22-12-18(14-29)33-23(19)22)20(15)11-17-13-28(7-8-31-17)24(30)32-25(2,3)4/h5-6,9-10,12,17,29H,7-8,11,13-14H2,1-4H3. The number of hydrogen-bond donors (Lipinski definition) is 1. The zero-order valence-electron chi connectivity index (χ0n) is 19.4. The fraction of sp³-hybridized carbons (Fsp3) is 0.440. The summed E-state index contributed by atoms with van der Waals surface area (Å²) in [5.41, 5.74) is 4.57. The van der Waals surface area contributed by atoms with Gasteiger partial charge in [0.25, 0.3) is 0 Å². The van der Waals surface area contributed by atoms with E-state index in [9.17, 15) is 9.90 Å². The maximum absolute atomic E-state index is 12.6. The lowest BCUT2D eigenvalue weighted by Crippen LogP contribution is -2.48. The zero-order chi connectivity index (χ0) is 23.8. The number of nitrogens with zero attached hydrogens (tertiary/aromatic N) is 2. The number of hydrogen-bond acceptors (Lipinski definition) is 6. The second-order valence-corrected chi connectivity index (χ2v) is 10.9. The number of aliphatic hydroxyl groups is 1. The van der Waals surface area contributed by atoms with Crippen molar-refractivity contribution in [3.05, 3.63) is 51.5 Å². The van der Waals surface area contributed by atoms with Gasteiger partial charge >= 0.3 is 6.09 Å². The highest BCUT2D eigenvalue weighted by atomic mass is 35.5. The van der Waals surface area contributed by atoms with Crippen LogP contribution < -0.4 is 0 Å². The lowest BCUT2D eigenvalue weighted by molar-refractivity contribution is -0.0415. The van der Waals surface area contributed by atoms with Crippen LogP contribution in [0.4, 0.5) is 4.79 Å². The number of morpholine rings is 1. The van der Waals surface area contributed by atoms with Gasteiger partial charge in [-0.3, -0.25) is 4.98 Å². The van der Waals surface area contributed by atoms with Crippen LogP contribution in [0.2, 0.25) is 5.02 Å². The average molecular weight is 489 g/mol. The first-order chi connectivity index (χ1) is 15.6. The molecule has 1 atom stereocenters. The number of halogens is 1. The van der Waals surface area contributed by atoms with E-state index in [1.54, 1.807) is 11.1 Å². The van der Waals surface area contributed by atoms with E-state index in [-0.39, 0.29) is 18.8 Å². The number of benzene rings is 1. The van der Waals surface area contributed by atoms with Crippen molar-refractivity contribution in [2.24, 2.45) is 0 Å². The van der Waals surface area contributed by atoms with Crippen LogP contribution in [0, 0.1) is 6.92 Å². The number of fused-ring (bicyclic) bond motifs is 1. The average Bonchev–Trinajstić information content (AvgIpc) is 3.18. The molecule has 3 aromatic rings. The summed E-state index contributed by atoms with van der Waals surface area (Å²) < 4.78 is 12.6. The van der Waals surface area contributed by atoms with E-state index in [2.05, 4.69) is 4.98 Å². The van der Waals surface area contributed by atoms with Crippen LogP contribution in [0.1, 0.15) is 36.8 Å². The molecule has 1 saturated heterocycles. The molecule has 8 heteroatoms. The molecule has 1 N–H and O–H groups in total. The van der Waals surface area contributed by atoms with E-state index in [0.29, 0.717) is 31.1 Å². The monoisotopic (exact) mass is 488 g/mol. The zero-order valence-corrected chi connectivity index (χ0v) is 20.9. The van der Waals surface area contributed by atoms with Crippen LogP contribution in [-0.2, 0) is 22.5 Å². The van der Waals surface area contributed by atoms with E-state index in [1.165, 1.54) is 11.3 Å². The highest BCUT2D eigenvalue weighted by Crippen LogP contribution is 2.38. The lowest BCUT2D eigenvalue weighted by Gasteiger charge is -2.34. The molecule has 0 aliphatic carbocycles. The van der Waals surface area contributed by atoms with Crippen molar-refractivity contribution in [1.29, 1.82) is 0 Å². The number of aromatic nitrogens is 1. The highest BCUT2D eigenvalue weighted by Gasteiger charge is 2.29. The smallest absolute Gasteiger partial charge is 0.410 e. The van der Waals surface area contributed by atoms with Gasteiger partial charge in [0.15, 0.2) is 0 Å². The van der Waals surface area contributed by atoms with Gasteiger partial charge in [-0.15, -0.1) is 11.3 Å². The number of carbonyl (C=O) groups is 1. The summed E-state index contributed by atoms with van der Waals surface area (Å²) in [6, 6.07) is 7.85. The third-order valence-electron chi connectivity index (χ3n) is 5.57. The van der Waals surface area contributed by atoms with Gasteiger partial charge in [0.05, 0.1) is 36.1 Å². The molecule has 0 radical (unpaired) electrons. The van der Waals surface area contributed by atoms with Gasteiger partial charge in [-0.05, 0) is 68.7 Å². The molecule has 6 nitrogen and oxygen atoms in total. The first-order valence-electron chi connectivity index (χ1n) is 11.0. The molecule has 1 fully saturated rings. The molecule has 0 bridgehead atoms. The Kier molecular flexibility index (Phi) is 6.96. The quantitative estimate of drug-likeness (QED) is 0.517. The van der Waals surface area contributed by atoms with Gasteiger partial charge in [-0.1, -0.05) is 11.6 Å². The molecule has 176 valence electrons. The summed E-state index contributed by atoms with van der Waals surface area (Å²) in [5.74, 6) is 0. The van der Waals surface area contributed by atoms with Gasteiger partial charge in [-0.2, -0.15) is 0 Å². The van der Waals surface area contributed by atoms with Gasteiger partial charge in [0, 0.05) is 34.6 Å². The van der Waals surface area contributed by atoms with Crippen molar-refractivity contribution in [1.82, 2.24) is 9.88 Å². The second-order valence-electron chi connectivity index (χ2n) is 9.32. The third kappa shape index (κ3) is 5.49. The van der Waals surface area contributed by atoms with Gasteiger partial charge in [0.2, 0.25) is 0 Å². The minimum absolute atomic E-state index is 0.0156. The van der Waals surface area contributed by atoms with Crippen LogP contribution >= 0.6 is 22.9 Å². The number of pyridine rings is 1. The summed E-state index contributed by atoms with van der Waals surface area (Å²) in [5, 5.41) is 10.3. The summed E-state index contributed by atoms with van der Waals surface area (Å²) in [4.78, 5) is 19.7. The maximum Gasteiger partial charge on any atom is 0.410 e. The SMILES string of the molecule is Cc1cc(Cl)cc(-c2ccnc3cc(CO)sc23)c1CC1CN(C(=O)OC(C)(C)C)CCO1. The van der Waals surface area contributed by atoms with Gasteiger partial charge < -0.3 is 19.5 Å². The van der Waals surface area contributed by atoms with E-state index >= 15 is 0 Å². The first-order valence-corrected chi connectivity index (χ1v) is 12.2. The van der Waals surface area contributed by atoms with Crippen molar-refractivity contribution in [3.8, 4) is 11.1 Å². The molecule has 2 aromatic heterocycles. The van der Waals surface area contributed by atoms with Crippen LogP contribution in [0.25, 0.3) is 21.3 Å². The van der Waals surface area contributed by atoms with Crippen molar-refractivity contribution in [2.45, 2.75) is 52.4 Å². The Bertz CT molecular complexity index is 1170. The van der Waals surface area contributed by atoms with Crippen LogP contribution in [0.15, 0.2) is 30.5 Å². The molecule has 0 saturated carbocycles. The fourth-order valence-electron chi connectivity index (χ4n) is 4.12. The molecular formula is C25H29ClN2O4S. The Morgan fingerprint density at radius 3 is 2.85 bits per heavy atom. The van der Waals surface area contributed by atoms with Crippen LogP contribution in [0.3, 0.4) is 0 Å². The Hall–Kier alpha value is -2.19. The molecular weight excluding hydrogens is 460 g/mol. The largest absolute Gasteiger partial charge is 0.444 e. The van der Waals surface area contributed by atoms with E-state index in [4.69, 9.17) is 21.1 Å². The minimum atomic E-state index is -0.536. The first kappa shape index (κ1) is 24.0. The molecule has 0 spiro atoms. The fourth-order valence-corrected chi connectivity index (χ4v) is 5.40. The number of aliphatic hydroxyl groups excluding tert-OH is 1. The number of thiophene rings is 1. The number of amides is 1. The molecule has 3 heterocycles. The molecule has 1 aromatic carbocycles. The van der Waals surface area contributed by atoms with Crippen molar-refractivity contribution < 1.29 is 19.4 Å². The molecule has 4 rings (SSSR count). The highest BCUT2D eigenvalue weighted by molar-refractivity contribution is 7.19. The summed E-state index contributed by atoms with van der Waals surface area (Å²) >= 11 is 8.01. The molecule has 1 aliphatic rings. The molecule has 33 heavy (non-hydrogen) atoms. The normalized spacial score (nSPS) is 16.9. The predicted molar refractivity (Wildman–Crippen MR) is 132 cm³/mol. The Morgan fingerprint density at radius 2 is 2.12 bits per heavy atom. The number of aryl methyl sites for hydroxylation is 1. The topological polar surface area (TPSA) is 71.9 Å².